The smallest absolute Gasteiger partial charge is 0.254 e. The van der Waals surface area contributed by atoms with Gasteiger partial charge in [0.15, 0.2) is 6.10 Å². The average molecular weight is 363 g/mol. The molecule has 1 atom stereocenters. The van der Waals surface area contributed by atoms with Crippen molar-refractivity contribution in [2.24, 2.45) is 5.73 Å². The number of rotatable bonds is 7. The number of methoxy groups -OCH3 is 1. The fraction of sp³-hybridized carbons (Fsp3) is 0.150. The van der Waals surface area contributed by atoms with E-state index in [4.69, 9.17) is 15.9 Å². The second-order valence-electron chi connectivity index (χ2n) is 6.01. The molecular formula is C20H21N5O2. The Hall–Kier alpha value is -3.45. The van der Waals surface area contributed by atoms with Crippen molar-refractivity contribution in [2.75, 3.05) is 7.11 Å². The normalized spacial score (nSPS) is 11.7. The zero-order valence-electron chi connectivity index (χ0n) is 14.9. The minimum absolute atomic E-state index is 0.0178. The second kappa shape index (κ2) is 8.29. The highest BCUT2D eigenvalue weighted by Crippen LogP contribution is 2.19. The van der Waals surface area contributed by atoms with Crippen LogP contribution in [0, 0.1) is 5.41 Å². The van der Waals surface area contributed by atoms with Crippen LogP contribution in [0.25, 0.3) is 5.69 Å². The fourth-order valence-electron chi connectivity index (χ4n) is 2.71. The molecule has 0 fully saturated rings. The molecule has 7 nitrogen and oxygen atoms in total. The van der Waals surface area contributed by atoms with Gasteiger partial charge in [0.05, 0.1) is 6.33 Å². The summed E-state index contributed by atoms with van der Waals surface area (Å²) in [7, 11) is 1.51. The maximum absolute atomic E-state index is 12.5. The van der Waals surface area contributed by atoms with E-state index >= 15 is 0 Å². The Kier molecular flexibility index (Phi) is 5.63. The number of benzene rings is 2. The number of aromatic nitrogens is 2. The molecule has 0 radical (unpaired) electrons. The fourth-order valence-corrected chi connectivity index (χ4v) is 2.71. The molecule has 0 aliphatic carbocycles. The van der Waals surface area contributed by atoms with Gasteiger partial charge in [-0.05, 0) is 23.3 Å². The summed E-state index contributed by atoms with van der Waals surface area (Å²) in [4.78, 5) is 16.6. The quantitative estimate of drug-likeness (QED) is 0.442. The summed E-state index contributed by atoms with van der Waals surface area (Å²) in [6.07, 6.45) is 4.58. The summed E-state index contributed by atoms with van der Waals surface area (Å²) in [6, 6.07) is 14.7. The Morgan fingerprint density at radius 2 is 1.93 bits per heavy atom. The number of amides is 1. The molecule has 0 aliphatic heterocycles. The van der Waals surface area contributed by atoms with E-state index in [9.17, 15) is 4.79 Å². The van der Waals surface area contributed by atoms with Crippen LogP contribution < -0.4 is 11.1 Å². The van der Waals surface area contributed by atoms with Gasteiger partial charge in [0, 0.05) is 37.3 Å². The summed E-state index contributed by atoms with van der Waals surface area (Å²) in [5, 5.41) is 10.3. The first-order valence-electron chi connectivity index (χ1n) is 8.40. The molecule has 1 heterocycles. The van der Waals surface area contributed by atoms with Gasteiger partial charge >= 0.3 is 0 Å². The van der Waals surface area contributed by atoms with Crippen LogP contribution in [-0.4, -0.2) is 28.4 Å². The number of nitrogen functional groups attached to an aromatic ring is 1. The van der Waals surface area contributed by atoms with E-state index < -0.39 is 6.10 Å². The summed E-state index contributed by atoms with van der Waals surface area (Å²) in [6.45, 7) is 0.365. The molecule has 1 aromatic heterocycles. The van der Waals surface area contributed by atoms with Gasteiger partial charge in [0.1, 0.15) is 5.84 Å². The van der Waals surface area contributed by atoms with E-state index in [-0.39, 0.29) is 11.7 Å². The minimum Gasteiger partial charge on any atom is -0.384 e. The van der Waals surface area contributed by atoms with Gasteiger partial charge in [-0.15, -0.1) is 0 Å². The van der Waals surface area contributed by atoms with Gasteiger partial charge in [0.25, 0.3) is 5.91 Å². The third-order valence-corrected chi connectivity index (χ3v) is 4.20. The number of nitrogens with one attached hydrogen (secondary N) is 2. The topological polar surface area (TPSA) is 106 Å². The second-order valence-corrected chi connectivity index (χ2v) is 6.01. The zero-order chi connectivity index (χ0) is 19.2. The first-order chi connectivity index (χ1) is 13.1. The van der Waals surface area contributed by atoms with Gasteiger partial charge in [-0.25, -0.2) is 4.98 Å². The van der Waals surface area contributed by atoms with E-state index in [1.165, 1.54) is 7.11 Å². The van der Waals surface area contributed by atoms with Gasteiger partial charge in [-0.1, -0.05) is 36.4 Å². The van der Waals surface area contributed by atoms with Crippen molar-refractivity contribution < 1.29 is 9.53 Å². The third-order valence-electron chi connectivity index (χ3n) is 4.20. The number of nitrogens with zero attached hydrogens (tertiary/aromatic N) is 2. The van der Waals surface area contributed by atoms with Crippen LogP contribution in [0.4, 0.5) is 0 Å². The molecule has 27 heavy (non-hydrogen) atoms. The predicted octanol–water partition coefficient (Wildman–Crippen LogP) is 2.16. The van der Waals surface area contributed by atoms with E-state index in [0.717, 1.165) is 16.8 Å². The molecule has 1 amide bonds. The number of hydrogen-bond acceptors (Lipinski definition) is 4. The lowest BCUT2D eigenvalue weighted by Crippen LogP contribution is -2.30. The zero-order valence-corrected chi connectivity index (χ0v) is 14.9. The van der Waals surface area contributed by atoms with Crippen LogP contribution in [-0.2, 0) is 16.1 Å². The molecular weight excluding hydrogens is 342 g/mol. The maximum Gasteiger partial charge on any atom is 0.254 e. The first kappa shape index (κ1) is 18.3. The van der Waals surface area contributed by atoms with Gasteiger partial charge < -0.3 is 20.4 Å². The SMILES string of the molecule is CO[C@H](C(=O)NCc1ccc(C(=N)N)cc1)c1ccc(-n2ccnc2)cc1. The molecule has 0 saturated carbocycles. The highest BCUT2D eigenvalue weighted by atomic mass is 16.5. The number of ether oxygens (including phenoxy) is 1. The number of imidazole rings is 1. The molecule has 3 rings (SSSR count). The molecule has 0 spiro atoms. The number of nitrogens with two attached hydrogens (primary N) is 1. The standard InChI is InChI=1S/C20H21N5O2/c1-27-18(15-6-8-17(9-7-15)25-11-10-23-13-25)20(26)24-12-14-2-4-16(5-3-14)19(21)22/h2-11,13,18H,12H2,1H3,(H3,21,22)(H,24,26)/t18-/m0/s1. The number of amidine groups is 1. The van der Waals surface area contributed by atoms with Crippen LogP contribution in [0.3, 0.4) is 0 Å². The van der Waals surface area contributed by atoms with Crippen molar-refractivity contribution in [3.63, 3.8) is 0 Å². The van der Waals surface area contributed by atoms with Gasteiger partial charge in [-0.3, -0.25) is 10.2 Å². The average Bonchev–Trinajstić information content (AvgIpc) is 3.22. The largest absolute Gasteiger partial charge is 0.384 e. The number of carbonyl (C=O) groups excluding carboxylic acids is 1. The van der Waals surface area contributed by atoms with E-state index in [2.05, 4.69) is 10.3 Å². The van der Waals surface area contributed by atoms with Crippen molar-refractivity contribution in [3.05, 3.63) is 83.9 Å². The Bertz CT molecular complexity index is 903. The van der Waals surface area contributed by atoms with E-state index in [0.29, 0.717) is 12.1 Å². The Morgan fingerprint density at radius 1 is 1.22 bits per heavy atom. The lowest BCUT2D eigenvalue weighted by Gasteiger charge is -2.16. The highest BCUT2D eigenvalue weighted by molar-refractivity contribution is 5.94. The molecule has 138 valence electrons. The third kappa shape index (κ3) is 4.39. The summed E-state index contributed by atoms with van der Waals surface area (Å²) >= 11 is 0. The van der Waals surface area contributed by atoms with Crippen molar-refractivity contribution in [1.82, 2.24) is 14.9 Å². The monoisotopic (exact) mass is 363 g/mol. The Balaban J connectivity index is 1.64. The summed E-state index contributed by atoms with van der Waals surface area (Å²) in [5.74, 6) is -0.201. The molecule has 0 aliphatic rings. The Labute approximate surface area is 157 Å². The first-order valence-corrected chi connectivity index (χ1v) is 8.40. The number of carbonyl (C=O) groups is 1. The molecule has 4 N–H and O–H groups in total. The van der Waals surface area contributed by atoms with Crippen LogP contribution in [0.5, 0.6) is 0 Å². The van der Waals surface area contributed by atoms with Crippen molar-refractivity contribution in [2.45, 2.75) is 12.6 Å². The molecule has 7 heteroatoms. The lowest BCUT2D eigenvalue weighted by atomic mass is 10.1. The van der Waals surface area contributed by atoms with E-state index in [1.807, 2.05) is 47.2 Å². The molecule has 3 aromatic rings. The van der Waals surface area contributed by atoms with E-state index in [1.54, 1.807) is 24.7 Å². The van der Waals surface area contributed by atoms with Crippen LogP contribution >= 0.6 is 0 Å². The van der Waals surface area contributed by atoms with Crippen molar-refractivity contribution in [1.29, 1.82) is 5.41 Å². The van der Waals surface area contributed by atoms with Crippen molar-refractivity contribution in [3.8, 4) is 5.69 Å². The maximum atomic E-state index is 12.5. The Morgan fingerprint density at radius 3 is 2.48 bits per heavy atom. The number of hydrogen-bond donors (Lipinski definition) is 3. The molecule has 0 unspecified atom stereocenters. The molecule has 2 aromatic carbocycles. The summed E-state index contributed by atoms with van der Waals surface area (Å²) < 4.78 is 7.28. The minimum atomic E-state index is -0.696. The van der Waals surface area contributed by atoms with Crippen LogP contribution in [0.2, 0.25) is 0 Å². The predicted molar refractivity (Wildman–Crippen MR) is 103 cm³/mol. The van der Waals surface area contributed by atoms with Crippen molar-refractivity contribution >= 4 is 11.7 Å². The lowest BCUT2D eigenvalue weighted by molar-refractivity contribution is -0.131. The van der Waals surface area contributed by atoms with Gasteiger partial charge in [0.2, 0.25) is 0 Å². The highest BCUT2D eigenvalue weighted by Gasteiger charge is 2.19. The van der Waals surface area contributed by atoms with Crippen LogP contribution in [0.15, 0.2) is 67.3 Å². The molecule has 0 saturated heterocycles. The van der Waals surface area contributed by atoms with Crippen LogP contribution in [0.1, 0.15) is 22.8 Å². The summed E-state index contributed by atoms with van der Waals surface area (Å²) in [5.41, 5.74) is 8.73. The molecule has 0 bridgehead atoms. The van der Waals surface area contributed by atoms with Gasteiger partial charge in [-0.2, -0.15) is 0 Å².